The molecule has 0 aromatic heterocycles. The normalized spacial score (nSPS) is 12.0. The number of benzene rings is 1. The Morgan fingerprint density at radius 2 is 2.19 bits per heavy atom. The zero-order chi connectivity index (χ0) is 15.7. The van der Waals surface area contributed by atoms with Gasteiger partial charge in [-0.05, 0) is 38.1 Å². The largest absolute Gasteiger partial charge is 0.489 e. The molecule has 0 radical (unpaired) electrons. The zero-order valence-corrected chi connectivity index (χ0v) is 13.2. The lowest BCUT2D eigenvalue weighted by molar-refractivity contribution is 0.0955. The second-order valence-corrected chi connectivity index (χ2v) is 5.08. The van der Waals surface area contributed by atoms with E-state index in [2.05, 4.69) is 17.6 Å². The van der Waals surface area contributed by atoms with Crippen LogP contribution in [0, 0.1) is 0 Å². The maximum absolute atomic E-state index is 11.7. The minimum absolute atomic E-state index is 0.150. The average Bonchev–Trinajstić information content (AvgIpc) is 2.46. The van der Waals surface area contributed by atoms with E-state index >= 15 is 0 Å². The summed E-state index contributed by atoms with van der Waals surface area (Å²) in [5, 5.41) is 15.9. The van der Waals surface area contributed by atoms with Crippen LogP contribution in [-0.4, -0.2) is 43.4 Å². The molecule has 0 spiro atoms. The summed E-state index contributed by atoms with van der Waals surface area (Å²) in [5.74, 6) is 0.286. The highest BCUT2D eigenvalue weighted by Gasteiger charge is 2.10. The lowest BCUT2D eigenvalue weighted by atomic mass is 10.2. The van der Waals surface area contributed by atoms with Gasteiger partial charge in [-0.3, -0.25) is 4.79 Å². The van der Waals surface area contributed by atoms with Gasteiger partial charge in [0.25, 0.3) is 5.91 Å². The van der Waals surface area contributed by atoms with E-state index in [1.165, 1.54) is 0 Å². The van der Waals surface area contributed by atoms with Gasteiger partial charge in [0, 0.05) is 18.7 Å². The maximum Gasteiger partial charge on any atom is 0.251 e. The highest BCUT2D eigenvalue weighted by molar-refractivity contribution is 6.32. The molecule has 1 rings (SSSR count). The predicted octanol–water partition coefficient (Wildman–Crippen LogP) is 1.83. The number of hydrogen-bond donors (Lipinski definition) is 3. The molecule has 21 heavy (non-hydrogen) atoms. The Morgan fingerprint density at radius 1 is 1.43 bits per heavy atom. The number of halogens is 1. The molecule has 1 unspecified atom stereocenters. The molecule has 1 aromatic rings. The Hall–Kier alpha value is -1.30. The van der Waals surface area contributed by atoms with E-state index in [9.17, 15) is 9.90 Å². The second kappa shape index (κ2) is 9.60. The quantitative estimate of drug-likeness (QED) is 0.608. The van der Waals surface area contributed by atoms with Gasteiger partial charge in [-0.1, -0.05) is 18.5 Å². The van der Waals surface area contributed by atoms with Crippen molar-refractivity contribution in [3.05, 3.63) is 28.8 Å². The molecule has 1 aromatic carbocycles. The maximum atomic E-state index is 11.7. The Morgan fingerprint density at radius 3 is 2.81 bits per heavy atom. The summed E-state index contributed by atoms with van der Waals surface area (Å²) in [7, 11) is 0. The van der Waals surface area contributed by atoms with Gasteiger partial charge in [-0.15, -0.1) is 0 Å². The van der Waals surface area contributed by atoms with Crippen LogP contribution in [0.5, 0.6) is 5.75 Å². The standard InChI is InChI=1S/C15H23ClN2O3/c1-3-7-17-9-12(19)10-21-14-6-5-11(8-13(14)16)15(20)18-4-2/h5-6,8,12,17,19H,3-4,7,9-10H2,1-2H3,(H,18,20). The number of aliphatic hydroxyl groups is 1. The Balaban J connectivity index is 2.51. The molecule has 0 bridgehead atoms. The Labute approximate surface area is 130 Å². The second-order valence-electron chi connectivity index (χ2n) is 4.67. The SMILES string of the molecule is CCCNCC(O)COc1ccc(C(=O)NCC)cc1Cl. The van der Waals surface area contributed by atoms with Crippen molar-refractivity contribution in [2.24, 2.45) is 0 Å². The first-order chi connectivity index (χ1) is 10.1. The summed E-state index contributed by atoms with van der Waals surface area (Å²) in [6.45, 7) is 5.96. The van der Waals surface area contributed by atoms with E-state index in [0.29, 0.717) is 29.4 Å². The molecule has 0 heterocycles. The van der Waals surface area contributed by atoms with Crippen LogP contribution >= 0.6 is 11.6 Å². The van der Waals surface area contributed by atoms with Gasteiger partial charge in [0.15, 0.2) is 0 Å². The van der Waals surface area contributed by atoms with Crippen molar-refractivity contribution in [3.63, 3.8) is 0 Å². The van der Waals surface area contributed by atoms with Gasteiger partial charge in [0.05, 0.1) is 5.02 Å². The van der Waals surface area contributed by atoms with E-state index in [4.69, 9.17) is 16.3 Å². The molecular weight excluding hydrogens is 292 g/mol. The van der Waals surface area contributed by atoms with Gasteiger partial charge >= 0.3 is 0 Å². The summed E-state index contributed by atoms with van der Waals surface area (Å²) in [6.07, 6.45) is 0.413. The van der Waals surface area contributed by atoms with E-state index < -0.39 is 6.10 Å². The van der Waals surface area contributed by atoms with Crippen molar-refractivity contribution in [2.75, 3.05) is 26.2 Å². The third-order valence-electron chi connectivity index (χ3n) is 2.77. The lowest BCUT2D eigenvalue weighted by Gasteiger charge is -2.14. The summed E-state index contributed by atoms with van der Waals surface area (Å²) < 4.78 is 5.47. The highest BCUT2D eigenvalue weighted by atomic mass is 35.5. The van der Waals surface area contributed by atoms with Crippen molar-refractivity contribution < 1.29 is 14.6 Å². The van der Waals surface area contributed by atoms with Crippen molar-refractivity contribution in [2.45, 2.75) is 26.4 Å². The molecule has 0 saturated heterocycles. The van der Waals surface area contributed by atoms with Crippen LogP contribution in [0.25, 0.3) is 0 Å². The molecule has 0 aliphatic carbocycles. The van der Waals surface area contributed by atoms with Gasteiger partial charge in [-0.25, -0.2) is 0 Å². The fourth-order valence-electron chi connectivity index (χ4n) is 1.71. The summed E-state index contributed by atoms with van der Waals surface area (Å²) in [6, 6.07) is 4.84. The van der Waals surface area contributed by atoms with Crippen molar-refractivity contribution >= 4 is 17.5 Å². The smallest absolute Gasteiger partial charge is 0.251 e. The zero-order valence-electron chi connectivity index (χ0n) is 12.5. The van der Waals surface area contributed by atoms with Gasteiger partial charge < -0.3 is 20.5 Å². The van der Waals surface area contributed by atoms with Crippen LogP contribution in [0.3, 0.4) is 0 Å². The van der Waals surface area contributed by atoms with Crippen molar-refractivity contribution in [1.82, 2.24) is 10.6 Å². The van der Waals surface area contributed by atoms with Gasteiger partial charge in [0.1, 0.15) is 18.5 Å². The minimum Gasteiger partial charge on any atom is -0.489 e. The first-order valence-corrected chi connectivity index (χ1v) is 7.55. The topological polar surface area (TPSA) is 70.6 Å². The fraction of sp³-hybridized carbons (Fsp3) is 0.533. The van der Waals surface area contributed by atoms with E-state index in [0.717, 1.165) is 13.0 Å². The molecule has 1 atom stereocenters. The third-order valence-corrected chi connectivity index (χ3v) is 3.06. The molecule has 1 amide bonds. The fourth-order valence-corrected chi connectivity index (χ4v) is 1.95. The molecule has 0 aliphatic rings. The average molecular weight is 315 g/mol. The van der Waals surface area contributed by atoms with Crippen LogP contribution in [0.2, 0.25) is 5.02 Å². The number of nitrogens with one attached hydrogen (secondary N) is 2. The number of aliphatic hydroxyl groups excluding tert-OH is 1. The Bertz CT molecular complexity index is 455. The van der Waals surface area contributed by atoms with Crippen molar-refractivity contribution in [3.8, 4) is 5.75 Å². The number of hydrogen-bond acceptors (Lipinski definition) is 4. The molecule has 0 saturated carbocycles. The number of rotatable bonds is 9. The summed E-state index contributed by atoms with van der Waals surface area (Å²) in [5.41, 5.74) is 0.486. The number of ether oxygens (including phenoxy) is 1. The van der Waals surface area contributed by atoms with E-state index in [1.54, 1.807) is 18.2 Å². The number of amides is 1. The van der Waals surface area contributed by atoms with Crippen LogP contribution < -0.4 is 15.4 Å². The van der Waals surface area contributed by atoms with Crippen LogP contribution in [-0.2, 0) is 0 Å². The highest BCUT2D eigenvalue weighted by Crippen LogP contribution is 2.25. The van der Waals surface area contributed by atoms with E-state index in [-0.39, 0.29) is 12.5 Å². The molecule has 0 fully saturated rings. The lowest BCUT2D eigenvalue weighted by Crippen LogP contribution is -2.31. The first-order valence-electron chi connectivity index (χ1n) is 7.17. The van der Waals surface area contributed by atoms with E-state index in [1.807, 2.05) is 6.92 Å². The van der Waals surface area contributed by atoms with Gasteiger partial charge in [-0.2, -0.15) is 0 Å². The summed E-state index contributed by atoms with van der Waals surface area (Å²) in [4.78, 5) is 11.7. The monoisotopic (exact) mass is 314 g/mol. The minimum atomic E-state index is -0.601. The molecule has 118 valence electrons. The van der Waals surface area contributed by atoms with Crippen LogP contribution in [0.15, 0.2) is 18.2 Å². The number of carbonyl (C=O) groups is 1. The molecule has 6 heteroatoms. The molecule has 5 nitrogen and oxygen atoms in total. The van der Waals surface area contributed by atoms with Gasteiger partial charge in [0.2, 0.25) is 0 Å². The molecule has 3 N–H and O–H groups in total. The molecular formula is C15H23ClN2O3. The van der Waals surface area contributed by atoms with Crippen LogP contribution in [0.1, 0.15) is 30.6 Å². The first kappa shape index (κ1) is 17.8. The number of carbonyl (C=O) groups excluding carboxylic acids is 1. The Kier molecular flexibility index (Phi) is 8.12. The molecule has 0 aliphatic heterocycles. The predicted molar refractivity (Wildman–Crippen MR) is 84.1 cm³/mol. The summed E-state index contributed by atoms with van der Waals surface area (Å²) >= 11 is 6.08. The van der Waals surface area contributed by atoms with Crippen molar-refractivity contribution in [1.29, 1.82) is 0 Å². The van der Waals surface area contributed by atoms with Crippen LogP contribution in [0.4, 0.5) is 0 Å². The third kappa shape index (κ3) is 6.33.